The van der Waals surface area contributed by atoms with E-state index in [1.165, 1.54) is 0 Å². The molecule has 0 aliphatic rings. The van der Waals surface area contributed by atoms with Crippen LogP contribution in [0, 0.1) is 0 Å². The van der Waals surface area contributed by atoms with Crippen LogP contribution in [0.5, 0.6) is 0 Å². The van der Waals surface area contributed by atoms with E-state index < -0.39 is 0 Å². The van der Waals surface area contributed by atoms with Crippen LogP contribution in [0.3, 0.4) is 0 Å². The van der Waals surface area contributed by atoms with Crippen LogP contribution in [0.2, 0.25) is 0 Å². The quantitative estimate of drug-likeness (QED) is 0.761. The highest BCUT2D eigenvalue weighted by Crippen LogP contribution is 2.15. The molecule has 1 aromatic rings. The fourth-order valence-electron chi connectivity index (χ4n) is 1.45. The maximum Gasteiger partial charge on any atom is 0.200 e. The summed E-state index contributed by atoms with van der Waals surface area (Å²) < 4.78 is 2.06. The molecule has 0 fully saturated rings. The standard InChI is InChI=1S/C9H18N4/c1-7(2)13-8(6-12(3)4)5-11-9(13)10/h5,7H,6H2,1-4H3,(H2,10,11). The lowest BCUT2D eigenvalue weighted by atomic mass is 10.3. The zero-order chi connectivity index (χ0) is 10.0. The van der Waals surface area contributed by atoms with Crippen molar-refractivity contribution in [1.82, 2.24) is 14.5 Å². The number of hydrogen-bond donors (Lipinski definition) is 1. The second-order valence-electron chi connectivity index (χ2n) is 3.81. The Morgan fingerprint density at radius 3 is 2.62 bits per heavy atom. The van der Waals surface area contributed by atoms with Gasteiger partial charge in [-0.1, -0.05) is 0 Å². The first-order valence-corrected chi connectivity index (χ1v) is 4.48. The Labute approximate surface area is 79.4 Å². The molecule has 0 bridgehead atoms. The van der Waals surface area contributed by atoms with Gasteiger partial charge >= 0.3 is 0 Å². The Bertz CT molecular complexity index is 275. The second-order valence-corrected chi connectivity index (χ2v) is 3.81. The molecule has 74 valence electrons. The summed E-state index contributed by atoms with van der Waals surface area (Å²) in [5.41, 5.74) is 6.92. The number of anilines is 1. The molecule has 0 atom stereocenters. The Kier molecular flexibility index (Phi) is 2.93. The molecule has 0 spiro atoms. The van der Waals surface area contributed by atoms with Crippen LogP contribution in [0.1, 0.15) is 25.6 Å². The van der Waals surface area contributed by atoms with Gasteiger partial charge < -0.3 is 15.2 Å². The van der Waals surface area contributed by atoms with E-state index in [0.29, 0.717) is 12.0 Å². The molecule has 1 heterocycles. The summed E-state index contributed by atoms with van der Waals surface area (Å²) >= 11 is 0. The number of hydrogen-bond acceptors (Lipinski definition) is 3. The van der Waals surface area contributed by atoms with Crippen molar-refractivity contribution in [3.05, 3.63) is 11.9 Å². The van der Waals surface area contributed by atoms with E-state index in [4.69, 9.17) is 5.73 Å². The molecule has 13 heavy (non-hydrogen) atoms. The summed E-state index contributed by atoms with van der Waals surface area (Å²) in [7, 11) is 4.07. The van der Waals surface area contributed by atoms with Gasteiger partial charge in [0.2, 0.25) is 5.95 Å². The van der Waals surface area contributed by atoms with Gasteiger partial charge in [-0.3, -0.25) is 0 Å². The molecular formula is C9H18N4. The van der Waals surface area contributed by atoms with Crippen molar-refractivity contribution >= 4 is 5.95 Å². The zero-order valence-electron chi connectivity index (χ0n) is 8.78. The third-order valence-corrected chi connectivity index (χ3v) is 1.90. The van der Waals surface area contributed by atoms with Gasteiger partial charge in [0, 0.05) is 12.6 Å². The van der Waals surface area contributed by atoms with Crippen molar-refractivity contribution < 1.29 is 0 Å². The van der Waals surface area contributed by atoms with Crippen molar-refractivity contribution in [1.29, 1.82) is 0 Å². The number of nitrogen functional groups attached to an aromatic ring is 1. The predicted octanol–water partition coefficient (Wildman–Crippen LogP) is 1.11. The van der Waals surface area contributed by atoms with Gasteiger partial charge in [-0.2, -0.15) is 0 Å². The van der Waals surface area contributed by atoms with E-state index in [9.17, 15) is 0 Å². The first-order valence-electron chi connectivity index (χ1n) is 4.48. The maximum atomic E-state index is 5.75. The minimum atomic E-state index is 0.373. The van der Waals surface area contributed by atoms with Gasteiger partial charge in [0.15, 0.2) is 0 Å². The van der Waals surface area contributed by atoms with E-state index >= 15 is 0 Å². The average Bonchev–Trinajstić information content (AvgIpc) is 2.30. The maximum absolute atomic E-state index is 5.75. The Balaban J connectivity index is 2.94. The van der Waals surface area contributed by atoms with Gasteiger partial charge in [-0.25, -0.2) is 4.98 Å². The van der Waals surface area contributed by atoms with Gasteiger partial charge in [-0.15, -0.1) is 0 Å². The molecule has 0 aliphatic heterocycles. The van der Waals surface area contributed by atoms with Crippen LogP contribution in [0.25, 0.3) is 0 Å². The lowest BCUT2D eigenvalue weighted by Crippen LogP contribution is -2.16. The first kappa shape index (κ1) is 10.1. The third-order valence-electron chi connectivity index (χ3n) is 1.90. The van der Waals surface area contributed by atoms with Crippen molar-refractivity contribution in [3.8, 4) is 0 Å². The molecule has 1 aromatic heterocycles. The van der Waals surface area contributed by atoms with Crippen molar-refractivity contribution in [3.63, 3.8) is 0 Å². The molecule has 0 radical (unpaired) electrons. The molecule has 1 rings (SSSR count). The van der Waals surface area contributed by atoms with Crippen LogP contribution in [-0.2, 0) is 6.54 Å². The minimum Gasteiger partial charge on any atom is -0.369 e. The number of nitrogens with two attached hydrogens (primary N) is 1. The van der Waals surface area contributed by atoms with Crippen LogP contribution in [0.15, 0.2) is 6.20 Å². The van der Waals surface area contributed by atoms with Crippen molar-refractivity contribution in [2.75, 3.05) is 19.8 Å². The minimum absolute atomic E-state index is 0.373. The van der Waals surface area contributed by atoms with Crippen LogP contribution < -0.4 is 5.73 Å². The van der Waals surface area contributed by atoms with Crippen LogP contribution >= 0.6 is 0 Å². The molecule has 0 saturated heterocycles. The molecule has 0 aliphatic carbocycles. The van der Waals surface area contributed by atoms with E-state index in [0.717, 1.165) is 12.2 Å². The Morgan fingerprint density at radius 1 is 1.54 bits per heavy atom. The summed E-state index contributed by atoms with van der Waals surface area (Å²) in [6.07, 6.45) is 1.84. The van der Waals surface area contributed by atoms with Crippen LogP contribution in [0.4, 0.5) is 5.95 Å². The molecular weight excluding hydrogens is 164 g/mol. The fraction of sp³-hybridized carbons (Fsp3) is 0.667. The van der Waals surface area contributed by atoms with E-state index in [1.54, 1.807) is 0 Å². The van der Waals surface area contributed by atoms with Crippen LogP contribution in [-0.4, -0.2) is 28.5 Å². The first-order chi connectivity index (χ1) is 6.02. The summed E-state index contributed by atoms with van der Waals surface area (Å²) in [5, 5.41) is 0. The topological polar surface area (TPSA) is 47.1 Å². The summed E-state index contributed by atoms with van der Waals surface area (Å²) in [5.74, 6) is 0.604. The van der Waals surface area contributed by atoms with Gasteiger partial charge in [0.05, 0.1) is 11.9 Å². The van der Waals surface area contributed by atoms with Crippen molar-refractivity contribution in [2.45, 2.75) is 26.4 Å². The lowest BCUT2D eigenvalue weighted by Gasteiger charge is -2.16. The lowest BCUT2D eigenvalue weighted by molar-refractivity contribution is 0.383. The molecule has 0 saturated carbocycles. The highest BCUT2D eigenvalue weighted by molar-refractivity contribution is 5.23. The number of nitrogens with zero attached hydrogens (tertiary/aromatic N) is 3. The zero-order valence-corrected chi connectivity index (χ0v) is 8.78. The Hall–Kier alpha value is -1.03. The smallest absolute Gasteiger partial charge is 0.200 e. The van der Waals surface area contributed by atoms with Gasteiger partial charge in [0.25, 0.3) is 0 Å². The molecule has 0 amide bonds. The predicted molar refractivity (Wildman–Crippen MR) is 54.4 cm³/mol. The fourth-order valence-corrected chi connectivity index (χ4v) is 1.45. The van der Waals surface area contributed by atoms with Crippen molar-refractivity contribution in [2.24, 2.45) is 0 Å². The third kappa shape index (κ3) is 2.21. The highest BCUT2D eigenvalue weighted by Gasteiger charge is 2.10. The molecule has 0 aromatic carbocycles. The molecule has 0 unspecified atom stereocenters. The normalized spacial score (nSPS) is 11.5. The van der Waals surface area contributed by atoms with E-state index in [1.807, 2.05) is 20.3 Å². The summed E-state index contributed by atoms with van der Waals surface area (Å²) in [6.45, 7) is 5.09. The van der Waals surface area contributed by atoms with Gasteiger partial charge in [0.1, 0.15) is 0 Å². The summed E-state index contributed by atoms with van der Waals surface area (Å²) in [6, 6.07) is 0.373. The monoisotopic (exact) mass is 182 g/mol. The number of imidazole rings is 1. The Morgan fingerprint density at radius 2 is 2.15 bits per heavy atom. The van der Waals surface area contributed by atoms with E-state index in [-0.39, 0.29) is 0 Å². The molecule has 2 N–H and O–H groups in total. The van der Waals surface area contributed by atoms with E-state index in [2.05, 4.69) is 28.3 Å². The average molecular weight is 182 g/mol. The second kappa shape index (κ2) is 3.79. The van der Waals surface area contributed by atoms with Gasteiger partial charge in [-0.05, 0) is 27.9 Å². The number of rotatable bonds is 3. The number of aromatic nitrogens is 2. The SMILES string of the molecule is CC(C)n1c(CN(C)C)cnc1N. The molecule has 4 heteroatoms. The largest absolute Gasteiger partial charge is 0.369 e. The summed E-state index contributed by atoms with van der Waals surface area (Å²) in [4.78, 5) is 6.21. The molecule has 4 nitrogen and oxygen atoms in total. The highest BCUT2D eigenvalue weighted by atomic mass is 15.2.